The first-order valence-electron chi connectivity index (χ1n) is 4.94. The van der Waals surface area contributed by atoms with E-state index in [4.69, 9.17) is 4.74 Å². The van der Waals surface area contributed by atoms with Gasteiger partial charge in [0, 0.05) is 25.4 Å². The van der Waals surface area contributed by atoms with Gasteiger partial charge in [-0.2, -0.15) is 11.8 Å². The van der Waals surface area contributed by atoms with E-state index in [9.17, 15) is 0 Å². The summed E-state index contributed by atoms with van der Waals surface area (Å²) in [5.74, 6) is 2.56. The molecular formula is C10H21NOS. The number of ether oxygens (including phenoxy) is 1. The lowest BCUT2D eigenvalue weighted by atomic mass is 9.88. The quantitative estimate of drug-likeness (QED) is 0.703. The molecule has 0 aromatic rings. The van der Waals surface area contributed by atoms with Crippen molar-refractivity contribution in [1.82, 2.24) is 5.32 Å². The molecule has 1 rings (SSSR count). The predicted octanol–water partition coefficient (Wildman–Crippen LogP) is 1.75. The molecule has 13 heavy (non-hydrogen) atoms. The SMILES string of the molecule is COCCNC1CSCC(C)(C)C1. The Hall–Kier alpha value is 0.270. The van der Waals surface area contributed by atoms with Crippen molar-refractivity contribution in [3.05, 3.63) is 0 Å². The van der Waals surface area contributed by atoms with Gasteiger partial charge in [-0.15, -0.1) is 0 Å². The molecule has 1 fully saturated rings. The fourth-order valence-corrected chi connectivity index (χ4v) is 3.07. The summed E-state index contributed by atoms with van der Waals surface area (Å²) in [6, 6.07) is 0.684. The molecule has 0 aromatic heterocycles. The van der Waals surface area contributed by atoms with Gasteiger partial charge in [0.25, 0.3) is 0 Å². The van der Waals surface area contributed by atoms with Crippen molar-refractivity contribution < 1.29 is 4.74 Å². The lowest BCUT2D eigenvalue weighted by molar-refractivity contribution is 0.192. The van der Waals surface area contributed by atoms with E-state index in [0.29, 0.717) is 11.5 Å². The largest absolute Gasteiger partial charge is 0.383 e. The van der Waals surface area contributed by atoms with Crippen LogP contribution in [0, 0.1) is 5.41 Å². The molecule has 3 heteroatoms. The predicted molar refractivity (Wildman–Crippen MR) is 59.4 cm³/mol. The van der Waals surface area contributed by atoms with Crippen LogP contribution in [-0.2, 0) is 4.74 Å². The molecule has 1 aliphatic heterocycles. The van der Waals surface area contributed by atoms with Crippen molar-refractivity contribution in [3.8, 4) is 0 Å². The highest BCUT2D eigenvalue weighted by Crippen LogP contribution is 2.33. The van der Waals surface area contributed by atoms with E-state index in [1.54, 1.807) is 7.11 Å². The van der Waals surface area contributed by atoms with Crippen LogP contribution >= 0.6 is 11.8 Å². The van der Waals surface area contributed by atoms with Gasteiger partial charge in [0.15, 0.2) is 0 Å². The summed E-state index contributed by atoms with van der Waals surface area (Å²) >= 11 is 2.06. The number of methoxy groups -OCH3 is 1. The Labute approximate surface area is 85.8 Å². The smallest absolute Gasteiger partial charge is 0.0587 e. The number of rotatable bonds is 4. The summed E-state index contributed by atoms with van der Waals surface area (Å²) in [5, 5.41) is 3.53. The van der Waals surface area contributed by atoms with Crippen LogP contribution in [0.25, 0.3) is 0 Å². The first kappa shape index (κ1) is 11.3. The zero-order valence-corrected chi connectivity index (χ0v) is 9.75. The maximum atomic E-state index is 5.02. The van der Waals surface area contributed by atoms with Gasteiger partial charge in [-0.3, -0.25) is 0 Å². The first-order valence-corrected chi connectivity index (χ1v) is 6.09. The van der Waals surface area contributed by atoms with Crippen molar-refractivity contribution in [1.29, 1.82) is 0 Å². The van der Waals surface area contributed by atoms with Gasteiger partial charge in [0.05, 0.1) is 6.61 Å². The third kappa shape index (κ3) is 4.34. The van der Waals surface area contributed by atoms with Crippen molar-refractivity contribution in [2.45, 2.75) is 26.3 Å². The fraction of sp³-hybridized carbons (Fsp3) is 1.00. The third-order valence-corrected chi connectivity index (χ3v) is 3.97. The first-order chi connectivity index (χ1) is 6.14. The minimum Gasteiger partial charge on any atom is -0.383 e. The molecule has 78 valence electrons. The molecule has 1 aliphatic rings. The molecule has 0 aromatic carbocycles. The molecule has 1 atom stereocenters. The van der Waals surface area contributed by atoms with Gasteiger partial charge < -0.3 is 10.1 Å². The molecule has 2 nitrogen and oxygen atoms in total. The number of nitrogens with one attached hydrogen (secondary N) is 1. The van der Waals surface area contributed by atoms with E-state index in [1.165, 1.54) is 17.9 Å². The molecule has 0 radical (unpaired) electrons. The summed E-state index contributed by atoms with van der Waals surface area (Å²) in [5.41, 5.74) is 0.508. The van der Waals surface area contributed by atoms with Gasteiger partial charge in [0.2, 0.25) is 0 Å². The fourth-order valence-electron chi connectivity index (χ4n) is 1.76. The zero-order chi connectivity index (χ0) is 9.73. The van der Waals surface area contributed by atoms with Crippen LogP contribution in [-0.4, -0.2) is 37.8 Å². The molecule has 0 saturated carbocycles. The van der Waals surface area contributed by atoms with E-state index in [-0.39, 0.29) is 0 Å². The maximum Gasteiger partial charge on any atom is 0.0587 e. The van der Waals surface area contributed by atoms with Gasteiger partial charge >= 0.3 is 0 Å². The van der Waals surface area contributed by atoms with Crippen LogP contribution in [0.1, 0.15) is 20.3 Å². The maximum absolute atomic E-state index is 5.02. The Balaban J connectivity index is 2.19. The lowest BCUT2D eigenvalue weighted by Crippen LogP contribution is -2.41. The van der Waals surface area contributed by atoms with Gasteiger partial charge in [-0.25, -0.2) is 0 Å². The normalized spacial score (nSPS) is 27.5. The van der Waals surface area contributed by atoms with Crippen molar-refractivity contribution in [2.75, 3.05) is 31.8 Å². The molecular weight excluding hydrogens is 182 g/mol. The summed E-state index contributed by atoms with van der Waals surface area (Å²) in [4.78, 5) is 0. The monoisotopic (exact) mass is 203 g/mol. The average Bonchev–Trinajstić information content (AvgIpc) is 2.03. The highest BCUT2D eigenvalue weighted by atomic mass is 32.2. The molecule has 1 unspecified atom stereocenters. The van der Waals surface area contributed by atoms with E-state index in [1.807, 2.05) is 0 Å². The molecule has 0 bridgehead atoms. The van der Waals surface area contributed by atoms with Crippen LogP contribution in [0.4, 0.5) is 0 Å². The second-order valence-corrected chi connectivity index (χ2v) is 5.56. The van der Waals surface area contributed by atoms with Crippen LogP contribution in [0.15, 0.2) is 0 Å². The minimum atomic E-state index is 0.508. The Morgan fingerprint density at radius 2 is 2.31 bits per heavy atom. The number of thioether (sulfide) groups is 1. The van der Waals surface area contributed by atoms with Crippen molar-refractivity contribution in [3.63, 3.8) is 0 Å². The summed E-state index contributed by atoms with van der Waals surface area (Å²) in [6.07, 6.45) is 1.30. The topological polar surface area (TPSA) is 21.3 Å². The van der Waals surface area contributed by atoms with Crippen LogP contribution in [0.5, 0.6) is 0 Å². The van der Waals surface area contributed by atoms with E-state index >= 15 is 0 Å². The minimum absolute atomic E-state index is 0.508. The molecule has 0 amide bonds. The third-order valence-electron chi connectivity index (χ3n) is 2.35. The molecule has 1 N–H and O–H groups in total. The van der Waals surface area contributed by atoms with Crippen LogP contribution in [0.3, 0.4) is 0 Å². The van der Waals surface area contributed by atoms with E-state index in [2.05, 4.69) is 30.9 Å². The van der Waals surface area contributed by atoms with Gasteiger partial charge in [-0.05, 0) is 17.6 Å². The molecule has 1 saturated heterocycles. The highest BCUT2D eigenvalue weighted by Gasteiger charge is 2.27. The van der Waals surface area contributed by atoms with Gasteiger partial charge in [-0.1, -0.05) is 13.8 Å². The Morgan fingerprint density at radius 3 is 2.92 bits per heavy atom. The van der Waals surface area contributed by atoms with Crippen LogP contribution in [0.2, 0.25) is 0 Å². The summed E-state index contributed by atoms with van der Waals surface area (Å²) in [6.45, 7) is 6.51. The lowest BCUT2D eigenvalue weighted by Gasteiger charge is -2.35. The van der Waals surface area contributed by atoms with Crippen molar-refractivity contribution >= 4 is 11.8 Å². The van der Waals surface area contributed by atoms with E-state index in [0.717, 1.165) is 13.2 Å². The van der Waals surface area contributed by atoms with Gasteiger partial charge in [0.1, 0.15) is 0 Å². The second kappa shape index (κ2) is 5.23. The average molecular weight is 203 g/mol. The number of hydrogen-bond donors (Lipinski definition) is 1. The second-order valence-electron chi connectivity index (χ2n) is 4.53. The summed E-state index contributed by atoms with van der Waals surface area (Å²) in [7, 11) is 1.75. The Bertz CT molecular complexity index is 150. The molecule has 0 spiro atoms. The highest BCUT2D eigenvalue weighted by molar-refractivity contribution is 7.99. The zero-order valence-electron chi connectivity index (χ0n) is 8.93. The number of hydrogen-bond acceptors (Lipinski definition) is 3. The van der Waals surface area contributed by atoms with Crippen LogP contribution < -0.4 is 5.32 Å². The standard InChI is InChI=1S/C10H21NOS/c1-10(2)6-9(7-13-8-10)11-4-5-12-3/h9,11H,4-8H2,1-3H3. The Morgan fingerprint density at radius 1 is 1.54 bits per heavy atom. The van der Waals surface area contributed by atoms with Crippen molar-refractivity contribution in [2.24, 2.45) is 5.41 Å². The molecule has 0 aliphatic carbocycles. The van der Waals surface area contributed by atoms with E-state index < -0.39 is 0 Å². The Kier molecular flexibility index (Phi) is 4.56. The summed E-state index contributed by atoms with van der Waals surface area (Å²) < 4.78 is 5.02. The molecule has 1 heterocycles.